The Morgan fingerprint density at radius 2 is 1.54 bits per heavy atom. The molecule has 4 heterocycles. The third kappa shape index (κ3) is 3.65. The summed E-state index contributed by atoms with van der Waals surface area (Å²) in [7, 11) is 0. The highest BCUT2D eigenvalue weighted by atomic mass is 32.1. The van der Waals surface area contributed by atoms with Gasteiger partial charge in [-0.15, -0.1) is 11.3 Å². The SMILES string of the molecule is c1ccc(-c2cccc(-n3c4ccccc4c4ccc(-c5nc6ccc(-n7cccn7)cc6s5)cc43)c2)nc1. The second kappa shape index (κ2) is 8.75. The highest BCUT2D eigenvalue weighted by molar-refractivity contribution is 7.21. The molecule has 184 valence electrons. The van der Waals surface area contributed by atoms with E-state index in [9.17, 15) is 0 Å². The van der Waals surface area contributed by atoms with E-state index >= 15 is 0 Å². The first kappa shape index (κ1) is 22.0. The van der Waals surface area contributed by atoms with Gasteiger partial charge in [0.05, 0.1) is 32.6 Å². The topological polar surface area (TPSA) is 48.5 Å². The maximum absolute atomic E-state index is 4.99. The molecule has 5 nitrogen and oxygen atoms in total. The normalized spacial score (nSPS) is 11.6. The highest BCUT2D eigenvalue weighted by Crippen LogP contribution is 2.37. The smallest absolute Gasteiger partial charge is 0.124 e. The molecule has 0 radical (unpaired) electrons. The summed E-state index contributed by atoms with van der Waals surface area (Å²) in [6.07, 6.45) is 5.59. The van der Waals surface area contributed by atoms with E-state index in [1.807, 2.05) is 41.3 Å². The Balaban J connectivity index is 1.31. The van der Waals surface area contributed by atoms with E-state index in [0.29, 0.717) is 0 Å². The van der Waals surface area contributed by atoms with Gasteiger partial charge in [-0.1, -0.05) is 48.5 Å². The molecule has 0 bridgehead atoms. The van der Waals surface area contributed by atoms with Crippen LogP contribution < -0.4 is 0 Å². The van der Waals surface area contributed by atoms with Gasteiger partial charge in [0, 0.05) is 46.2 Å². The summed E-state index contributed by atoms with van der Waals surface area (Å²) in [6.45, 7) is 0. The molecule has 0 unspecified atom stereocenters. The van der Waals surface area contributed by atoms with Gasteiger partial charge < -0.3 is 4.57 Å². The lowest BCUT2D eigenvalue weighted by molar-refractivity contribution is 0.882. The zero-order chi connectivity index (χ0) is 25.8. The Morgan fingerprint density at radius 1 is 0.615 bits per heavy atom. The zero-order valence-corrected chi connectivity index (χ0v) is 21.6. The summed E-state index contributed by atoms with van der Waals surface area (Å²) in [5, 5.41) is 7.83. The van der Waals surface area contributed by atoms with Crippen LogP contribution in [0.25, 0.3) is 65.2 Å². The second-order valence-corrected chi connectivity index (χ2v) is 10.5. The van der Waals surface area contributed by atoms with Crippen LogP contribution in [0.2, 0.25) is 0 Å². The molecule has 4 aromatic carbocycles. The van der Waals surface area contributed by atoms with Gasteiger partial charge in [0.25, 0.3) is 0 Å². The Kier molecular flexibility index (Phi) is 4.93. The summed E-state index contributed by atoms with van der Waals surface area (Å²) in [4.78, 5) is 9.57. The van der Waals surface area contributed by atoms with E-state index in [1.54, 1.807) is 17.5 Å². The van der Waals surface area contributed by atoms with Gasteiger partial charge >= 0.3 is 0 Å². The molecule has 0 aliphatic rings. The molecule has 8 aromatic rings. The van der Waals surface area contributed by atoms with Crippen LogP contribution in [-0.4, -0.2) is 24.3 Å². The summed E-state index contributed by atoms with van der Waals surface area (Å²) in [6, 6.07) is 38.1. The Labute approximate surface area is 228 Å². The molecule has 0 fully saturated rings. The molecule has 6 heteroatoms. The van der Waals surface area contributed by atoms with E-state index in [1.165, 1.54) is 16.3 Å². The van der Waals surface area contributed by atoms with Crippen molar-refractivity contribution in [3.8, 4) is 33.2 Å². The minimum atomic E-state index is 0.963. The maximum atomic E-state index is 4.99. The van der Waals surface area contributed by atoms with Gasteiger partial charge in [-0.2, -0.15) is 5.10 Å². The number of nitrogens with zero attached hydrogens (tertiary/aromatic N) is 5. The predicted molar refractivity (Wildman–Crippen MR) is 160 cm³/mol. The van der Waals surface area contributed by atoms with Crippen LogP contribution in [-0.2, 0) is 0 Å². The number of aromatic nitrogens is 5. The lowest BCUT2D eigenvalue weighted by Crippen LogP contribution is -1.95. The van der Waals surface area contributed by atoms with Crippen LogP contribution in [0.3, 0.4) is 0 Å². The molecule has 0 N–H and O–H groups in total. The van der Waals surface area contributed by atoms with Gasteiger partial charge in [0.1, 0.15) is 5.01 Å². The lowest BCUT2D eigenvalue weighted by atomic mass is 10.1. The molecule has 8 rings (SSSR count). The van der Waals surface area contributed by atoms with Crippen LogP contribution in [0.1, 0.15) is 0 Å². The summed E-state index contributed by atoms with van der Waals surface area (Å²) in [5.74, 6) is 0. The molecule has 0 spiro atoms. The predicted octanol–water partition coefficient (Wildman–Crippen LogP) is 8.31. The second-order valence-electron chi connectivity index (χ2n) is 9.47. The molecule has 0 amide bonds. The van der Waals surface area contributed by atoms with Crippen LogP contribution in [0.15, 0.2) is 128 Å². The fourth-order valence-corrected chi connectivity index (χ4v) is 6.32. The van der Waals surface area contributed by atoms with E-state index in [0.717, 1.165) is 48.9 Å². The van der Waals surface area contributed by atoms with Crippen molar-refractivity contribution in [1.29, 1.82) is 0 Å². The lowest BCUT2D eigenvalue weighted by Gasteiger charge is -2.10. The molecule has 0 saturated heterocycles. The molecule has 4 aromatic heterocycles. The van der Waals surface area contributed by atoms with Crippen molar-refractivity contribution >= 4 is 43.4 Å². The van der Waals surface area contributed by atoms with Crippen molar-refractivity contribution in [1.82, 2.24) is 24.3 Å². The number of fused-ring (bicyclic) bond motifs is 4. The number of benzene rings is 4. The Bertz CT molecular complexity index is 2120. The third-order valence-electron chi connectivity index (χ3n) is 7.13. The average Bonchev–Trinajstić information content (AvgIpc) is 3.75. The minimum Gasteiger partial charge on any atom is -0.309 e. The Hall–Kier alpha value is -5.07. The minimum absolute atomic E-state index is 0.963. The Morgan fingerprint density at radius 3 is 2.44 bits per heavy atom. The highest BCUT2D eigenvalue weighted by Gasteiger charge is 2.15. The number of hydrogen-bond acceptors (Lipinski definition) is 4. The first-order valence-corrected chi connectivity index (χ1v) is 13.6. The van der Waals surface area contributed by atoms with Crippen molar-refractivity contribution in [2.75, 3.05) is 0 Å². The van der Waals surface area contributed by atoms with Crippen LogP contribution in [0.4, 0.5) is 0 Å². The molecular weight excluding hydrogens is 498 g/mol. The number of pyridine rings is 1. The standard InChI is InChI=1S/C33H21N5S/c1-2-11-30-26(9-1)27-14-12-23(33-36-29-15-13-24(21-32(29)39-33)37-18-6-17-35-37)20-31(27)38(30)25-8-5-7-22(19-25)28-10-3-4-16-34-28/h1-21H. The van der Waals surface area contributed by atoms with Crippen molar-refractivity contribution in [2.45, 2.75) is 0 Å². The van der Waals surface area contributed by atoms with E-state index in [4.69, 9.17) is 4.98 Å². The third-order valence-corrected chi connectivity index (χ3v) is 8.19. The van der Waals surface area contributed by atoms with E-state index in [2.05, 4.69) is 99.6 Å². The maximum Gasteiger partial charge on any atom is 0.124 e. The van der Waals surface area contributed by atoms with Crippen LogP contribution in [0.5, 0.6) is 0 Å². The molecule has 0 atom stereocenters. The van der Waals surface area contributed by atoms with Gasteiger partial charge in [0.2, 0.25) is 0 Å². The van der Waals surface area contributed by atoms with Gasteiger partial charge in [0.15, 0.2) is 0 Å². The van der Waals surface area contributed by atoms with Gasteiger partial charge in [-0.25, -0.2) is 9.67 Å². The van der Waals surface area contributed by atoms with Crippen molar-refractivity contribution < 1.29 is 0 Å². The van der Waals surface area contributed by atoms with Crippen molar-refractivity contribution in [3.05, 3.63) is 128 Å². The number of para-hydroxylation sites is 1. The first-order valence-electron chi connectivity index (χ1n) is 12.8. The van der Waals surface area contributed by atoms with E-state index < -0.39 is 0 Å². The van der Waals surface area contributed by atoms with Crippen LogP contribution >= 0.6 is 11.3 Å². The van der Waals surface area contributed by atoms with Gasteiger partial charge in [-0.3, -0.25) is 4.98 Å². The fraction of sp³-hybridized carbons (Fsp3) is 0. The van der Waals surface area contributed by atoms with E-state index in [-0.39, 0.29) is 0 Å². The fourth-order valence-electron chi connectivity index (χ4n) is 5.32. The molecule has 0 aliphatic heterocycles. The van der Waals surface area contributed by atoms with Gasteiger partial charge in [-0.05, 0) is 60.7 Å². The number of thiazole rings is 1. The molecule has 39 heavy (non-hydrogen) atoms. The zero-order valence-electron chi connectivity index (χ0n) is 20.8. The largest absolute Gasteiger partial charge is 0.309 e. The summed E-state index contributed by atoms with van der Waals surface area (Å²) in [5.41, 5.74) is 8.63. The number of rotatable bonds is 4. The van der Waals surface area contributed by atoms with Crippen molar-refractivity contribution in [3.63, 3.8) is 0 Å². The quantitative estimate of drug-likeness (QED) is 0.235. The summed E-state index contributed by atoms with van der Waals surface area (Å²) < 4.78 is 5.37. The molecule has 0 aliphatic carbocycles. The molecule has 0 saturated carbocycles. The molecular formula is C33H21N5S. The number of hydrogen-bond donors (Lipinski definition) is 0. The summed E-state index contributed by atoms with van der Waals surface area (Å²) >= 11 is 1.71. The average molecular weight is 520 g/mol. The monoisotopic (exact) mass is 519 g/mol. The first-order chi connectivity index (χ1) is 19.3. The van der Waals surface area contributed by atoms with Crippen molar-refractivity contribution in [2.24, 2.45) is 0 Å². The van der Waals surface area contributed by atoms with Crippen LogP contribution in [0, 0.1) is 0 Å².